The lowest BCUT2D eigenvalue weighted by Crippen LogP contribution is -2.30. The molecule has 124 valence electrons. The van der Waals surface area contributed by atoms with E-state index in [2.05, 4.69) is 9.97 Å². The summed E-state index contributed by atoms with van der Waals surface area (Å²) in [5.74, 6) is 1.00. The molecule has 2 heterocycles. The monoisotopic (exact) mass is 318 g/mol. The molecule has 0 aromatic carbocycles. The molecule has 1 N–H and O–H groups in total. The fraction of sp³-hybridized carbons (Fsp3) is 0.625. The zero-order valence-electron chi connectivity index (χ0n) is 13.6. The molecule has 1 fully saturated rings. The molecule has 1 aliphatic rings. The number of H-pyrrole nitrogens is 1. The van der Waals surface area contributed by atoms with Crippen LogP contribution in [0.4, 0.5) is 0 Å². The molecule has 0 spiro atoms. The number of carbonyl (C=O) groups is 1. The summed E-state index contributed by atoms with van der Waals surface area (Å²) in [5.41, 5.74) is 0.255. The van der Waals surface area contributed by atoms with Crippen molar-refractivity contribution in [2.24, 2.45) is 0 Å². The molecule has 7 nitrogen and oxygen atoms in total. The molecule has 0 radical (unpaired) electrons. The number of rotatable bonds is 7. The average molecular weight is 318 g/mol. The minimum atomic E-state index is -0.369. The number of fused-ring (bicyclic) bond motifs is 1. The number of nitrogens with zero attached hydrogens (tertiary/aromatic N) is 3. The van der Waals surface area contributed by atoms with Crippen LogP contribution in [0.2, 0.25) is 0 Å². The standard InChI is InChI=1S/C16H22N4O3/c1-3-19-12(7-5-4-6-10(2)21)17-14-13(19)15(22)18-16(23)20(14)11-8-9-11/h11H,3-9H2,1-2H3,(H,18,22,23). The average Bonchev–Trinajstić information content (AvgIpc) is 3.23. The molecule has 3 rings (SSSR count). The van der Waals surface area contributed by atoms with Crippen molar-refractivity contribution in [3.8, 4) is 0 Å². The highest BCUT2D eigenvalue weighted by molar-refractivity contribution is 5.75. The molecule has 0 bridgehead atoms. The van der Waals surface area contributed by atoms with E-state index in [4.69, 9.17) is 0 Å². The maximum atomic E-state index is 12.2. The minimum absolute atomic E-state index is 0.160. The van der Waals surface area contributed by atoms with E-state index in [-0.39, 0.29) is 23.1 Å². The summed E-state index contributed by atoms with van der Waals surface area (Å²) in [4.78, 5) is 42.4. The SMILES string of the molecule is CCn1c(CCCCC(C)=O)nc2c1c(=O)[nH]c(=O)n2C1CC1. The Morgan fingerprint density at radius 3 is 2.65 bits per heavy atom. The summed E-state index contributed by atoms with van der Waals surface area (Å²) < 4.78 is 3.52. The van der Waals surface area contributed by atoms with E-state index >= 15 is 0 Å². The van der Waals surface area contributed by atoms with Gasteiger partial charge in [0, 0.05) is 25.4 Å². The van der Waals surface area contributed by atoms with Gasteiger partial charge in [-0.2, -0.15) is 0 Å². The molecule has 1 saturated carbocycles. The Bertz CT molecular complexity index is 855. The zero-order valence-corrected chi connectivity index (χ0v) is 13.6. The van der Waals surface area contributed by atoms with Gasteiger partial charge in [-0.3, -0.25) is 14.3 Å². The van der Waals surface area contributed by atoms with Gasteiger partial charge in [0.05, 0.1) is 0 Å². The first-order valence-electron chi connectivity index (χ1n) is 8.26. The first kappa shape index (κ1) is 15.7. The van der Waals surface area contributed by atoms with Crippen molar-refractivity contribution in [2.45, 2.75) is 65.0 Å². The van der Waals surface area contributed by atoms with Crippen molar-refractivity contribution in [1.29, 1.82) is 0 Å². The molecule has 2 aromatic heterocycles. The third-order valence-electron chi connectivity index (χ3n) is 4.32. The van der Waals surface area contributed by atoms with Crippen LogP contribution in [-0.4, -0.2) is 24.9 Å². The van der Waals surface area contributed by atoms with Gasteiger partial charge in [-0.15, -0.1) is 0 Å². The Balaban J connectivity index is 2.00. The Hall–Kier alpha value is -2.18. The highest BCUT2D eigenvalue weighted by Crippen LogP contribution is 2.35. The lowest BCUT2D eigenvalue weighted by molar-refractivity contribution is -0.117. The number of aryl methyl sites for hydroxylation is 2. The number of hydrogen-bond donors (Lipinski definition) is 1. The van der Waals surface area contributed by atoms with Crippen LogP contribution in [0.5, 0.6) is 0 Å². The summed E-state index contributed by atoms with van der Waals surface area (Å²) >= 11 is 0. The molecule has 0 aliphatic heterocycles. The number of Topliss-reactive ketones (excluding diaryl/α,β-unsaturated/α-hetero) is 1. The van der Waals surface area contributed by atoms with E-state index in [1.165, 1.54) is 0 Å². The lowest BCUT2D eigenvalue weighted by atomic mass is 10.1. The number of ketones is 1. The third-order valence-corrected chi connectivity index (χ3v) is 4.32. The molecule has 0 atom stereocenters. The molecule has 7 heteroatoms. The maximum Gasteiger partial charge on any atom is 0.330 e. The van der Waals surface area contributed by atoms with Crippen molar-refractivity contribution >= 4 is 16.9 Å². The van der Waals surface area contributed by atoms with Crippen molar-refractivity contribution < 1.29 is 4.79 Å². The number of imidazole rings is 1. The molecule has 0 unspecified atom stereocenters. The molecule has 2 aromatic rings. The van der Waals surface area contributed by atoms with Gasteiger partial charge >= 0.3 is 5.69 Å². The fourth-order valence-electron chi connectivity index (χ4n) is 3.05. The zero-order chi connectivity index (χ0) is 16.6. The van der Waals surface area contributed by atoms with Gasteiger partial charge in [-0.05, 0) is 39.5 Å². The fourth-order valence-corrected chi connectivity index (χ4v) is 3.05. The largest absolute Gasteiger partial charge is 0.330 e. The van der Waals surface area contributed by atoms with Gasteiger partial charge in [0.25, 0.3) is 5.56 Å². The van der Waals surface area contributed by atoms with Crippen LogP contribution in [0.1, 0.15) is 57.8 Å². The van der Waals surface area contributed by atoms with E-state index in [0.29, 0.717) is 30.6 Å². The van der Waals surface area contributed by atoms with E-state index < -0.39 is 0 Å². The topological polar surface area (TPSA) is 89.8 Å². The summed E-state index contributed by atoms with van der Waals surface area (Å²) in [5, 5.41) is 0. The Kier molecular flexibility index (Phi) is 4.19. The number of aromatic nitrogens is 4. The molecule has 1 aliphatic carbocycles. The first-order valence-corrected chi connectivity index (χ1v) is 8.26. The smallest absolute Gasteiger partial charge is 0.322 e. The normalized spacial score (nSPS) is 14.5. The minimum Gasteiger partial charge on any atom is -0.322 e. The molecule has 0 amide bonds. The molecular formula is C16H22N4O3. The van der Waals surface area contributed by atoms with Gasteiger partial charge in [0.2, 0.25) is 0 Å². The number of unbranched alkanes of at least 4 members (excludes halogenated alkanes) is 1. The van der Waals surface area contributed by atoms with E-state index in [1.54, 1.807) is 11.5 Å². The first-order chi connectivity index (χ1) is 11.0. The van der Waals surface area contributed by atoms with Gasteiger partial charge in [0.15, 0.2) is 11.2 Å². The van der Waals surface area contributed by atoms with Crippen LogP contribution < -0.4 is 11.2 Å². The van der Waals surface area contributed by atoms with Crippen molar-refractivity contribution in [2.75, 3.05) is 0 Å². The highest BCUT2D eigenvalue weighted by atomic mass is 16.2. The Labute approximate surface area is 133 Å². The van der Waals surface area contributed by atoms with Crippen LogP contribution in [0, 0.1) is 0 Å². The van der Waals surface area contributed by atoms with E-state index in [9.17, 15) is 14.4 Å². The van der Waals surface area contributed by atoms with Crippen molar-refractivity contribution in [3.63, 3.8) is 0 Å². The number of nitrogens with one attached hydrogen (secondary N) is 1. The number of aromatic amines is 1. The Morgan fingerprint density at radius 1 is 1.30 bits per heavy atom. The van der Waals surface area contributed by atoms with Gasteiger partial charge in [-0.25, -0.2) is 9.78 Å². The van der Waals surface area contributed by atoms with Crippen molar-refractivity contribution in [3.05, 3.63) is 26.7 Å². The van der Waals surface area contributed by atoms with Gasteiger partial charge < -0.3 is 9.36 Å². The van der Waals surface area contributed by atoms with Gasteiger partial charge in [0.1, 0.15) is 11.6 Å². The van der Waals surface area contributed by atoms with Crippen LogP contribution in [0.3, 0.4) is 0 Å². The lowest BCUT2D eigenvalue weighted by Gasteiger charge is -2.05. The number of carbonyl (C=O) groups excluding carboxylic acids is 1. The summed E-state index contributed by atoms with van der Waals surface area (Å²) in [6.07, 6.45) is 4.83. The third kappa shape index (κ3) is 3.00. The molecule has 23 heavy (non-hydrogen) atoms. The molecule has 0 saturated heterocycles. The predicted octanol–water partition coefficient (Wildman–Crippen LogP) is 1.54. The van der Waals surface area contributed by atoms with Crippen LogP contribution in [0.25, 0.3) is 11.2 Å². The van der Waals surface area contributed by atoms with Crippen LogP contribution in [0.15, 0.2) is 9.59 Å². The van der Waals surface area contributed by atoms with Crippen LogP contribution >= 0.6 is 0 Å². The highest BCUT2D eigenvalue weighted by Gasteiger charge is 2.29. The second kappa shape index (κ2) is 6.14. The second-order valence-electron chi connectivity index (χ2n) is 6.21. The van der Waals surface area contributed by atoms with Crippen molar-refractivity contribution in [1.82, 2.24) is 19.1 Å². The summed E-state index contributed by atoms with van der Waals surface area (Å²) in [6.45, 7) is 4.19. The summed E-state index contributed by atoms with van der Waals surface area (Å²) in [7, 11) is 0. The second-order valence-corrected chi connectivity index (χ2v) is 6.21. The van der Waals surface area contributed by atoms with E-state index in [1.807, 2.05) is 11.5 Å². The maximum absolute atomic E-state index is 12.2. The van der Waals surface area contributed by atoms with Crippen LogP contribution in [-0.2, 0) is 17.8 Å². The molecular weight excluding hydrogens is 296 g/mol. The number of hydrogen-bond acceptors (Lipinski definition) is 4. The van der Waals surface area contributed by atoms with Gasteiger partial charge in [-0.1, -0.05) is 0 Å². The Morgan fingerprint density at radius 2 is 2.04 bits per heavy atom. The predicted molar refractivity (Wildman–Crippen MR) is 86.8 cm³/mol. The van der Waals surface area contributed by atoms with E-state index in [0.717, 1.165) is 31.5 Å². The quantitative estimate of drug-likeness (QED) is 0.784. The summed E-state index contributed by atoms with van der Waals surface area (Å²) in [6, 6.07) is 0.160.